The first kappa shape index (κ1) is 44.2. The number of carboxylic acid groups (broad SMARTS) is 1. The molecule has 0 aromatic heterocycles. The van der Waals surface area contributed by atoms with Gasteiger partial charge in [0.1, 0.15) is 25.4 Å². The Bertz CT molecular complexity index is 2320. The van der Waals surface area contributed by atoms with Crippen LogP contribution in [0.4, 0.5) is 23.2 Å². The van der Waals surface area contributed by atoms with Gasteiger partial charge in [0.25, 0.3) is 5.91 Å². The van der Waals surface area contributed by atoms with Crippen LogP contribution in [0, 0.1) is 23.3 Å². The quantitative estimate of drug-likeness (QED) is 0.0199. The summed E-state index contributed by atoms with van der Waals surface area (Å²) in [6, 6.07) is 16.1. The molecule has 314 valence electrons. The molecule has 1 aliphatic carbocycles. The van der Waals surface area contributed by atoms with Crippen molar-refractivity contribution < 1.29 is 65.2 Å². The molecule has 3 aromatic carbocycles. The number of anilines is 1. The summed E-state index contributed by atoms with van der Waals surface area (Å²) in [4.78, 5) is 39.4. The maximum Gasteiger partial charge on any atom is 0.336 e. The summed E-state index contributed by atoms with van der Waals surface area (Å²) in [5.74, 6) is -10.7. The minimum Gasteiger partial charge on any atom is -0.478 e. The molecule has 0 saturated carbocycles. The topological polar surface area (TPSA) is 149 Å². The minimum atomic E-state index is -1.82. The number of nitrogens with zero attached hydrogens (tertiary/aromatic N) is 2. The summed E-state index contributed by atoms with van der Waals surface area (Å²) in [5, 5.41) is 14.7. The number of fused-ring (bicyclic) bond motifs is 2. The highest BCUT2D eigenvalue weighted by molar-refractivity contribution is 6.09. The number of benzene rings is 4. The number of esters is 1. The van der Waals surface area contributed by atoms with Crippen molar-refractivity contribution in [1.29, 1.82) is 0 Å². The monoisotopic (exact) mass is 826 g/mol. The van der Waals surface area contributed by atoms with Crippen LogP contribution in [0.5, 0.6) is 5.75 Å². The number of rotatable bonds is 20. The Morgan fingerprint density at radius 1 is 0.746 bits per heavy atom. The van der Waals surface area contributed by atoms with E-state index in [4.69, 9.17) is 23.4 Å². The molecule has 2 aliphatic rings. The van der Waals surface area contributed by atoms with Gasteiger partial charge in [0, 0.05) is 66.6 Å². The number of amides is 1. The highest BCUT2D eigenvalue weighted by Gasteiger charge is 2.25. The lowest BCUT2D eigenvalue weighted by atomic mass is 9.89. The van der Waals surface area contributed by atoms with Crippen LogP contribution in [-0.4, -0.2) is 111 Å². The zero-order valence-electron chi connectivity index (χ0n) is 32.9. The molecule has 0 unspecified atom stereocenters. The number of aromatic carboxylic acids is 1. The second-order valence-corrected chi connectivity index (χ2v) is 13.4. The number of hydrogen-bond donors (Lipinski definition) is 2. The molecule has 13 nitrogen and oxygen atoms in total. The molecule has 2 N–H and O–H groups in total. The number of carbonyl (C=O) groups is 3. The van der Waals surface area contributed by atoms with E-state index in [0.29, 0.717) is 22.5 Å². The van der Waals surface area contributed by atoms with Gasteiger partial charge in [-0.2, -0.15) is 8.78 Å². The third-order valence-electron chi connectivity index (χ3n) is 8.89. The minimum absolute atomic E-state index is 0.00524. The van der Waals surface area contributed by atoms with Gasteiger partial charge in [0.15, 0.2) is 11.6 Å². The molecule has 1 heterocycles. The van der Waals surface area contributed by atoms with Crippen molar-refractivity contribution in [3.05, 3.63) is 100 Å². The third-order valence-corrected chi connectivity index (χ3v) is 8.89. The smallest absolute Gasteiger partial charge is 0.336 e. The third kappa shape index (κ3) is 11.4. The first-order valence-electron chi connectivity index (χ1n) is 18.5. The van der Waals surface area contributed by atoms with Crippen molar-refractivity contribution in [2.45, 2.75) is 6.42 Å². The van der Waals surface area contributed by atoms with E-state index in [1.165, 1.54) is 6.07 Å². The van der Waals surface area contributed by atoms with E-state index in [2.05, 4.69) is 10.1 Å². The Hall–Kier alpha value is -5.88. The van der Waals surface area contributed by atoms with E-state index in [9.17, 15) is 37.1 Å². The van der Waals surface area contributed by atoms with Crippen LogP contribution in [0.1, 0.15) is 27.1 Å². The molecule has 0 spiro atoms. The number of ether oxygens (including phenoxy) is 5. The van der Waals surface area contributed by atoms with Gasteiger partial charge in [-0.1, -0.05) is 6.07 Å². The van der Waals surface area contributed by atoms with Crippen molar-refractivity contribution >= 4 is 34.5 Å². The van der Waals surface area contributed by atoms with Gasteiger partial charge in [-0.05, 0) is 35.9 Å². The van der Waals surface area contributed by atoms with E-state index in [1.807, 2.05) is 74.1 Å². The number of hydrogen-bond acceptors (Lipinski definition) is 10. The maximum atomic E-state index is 13.6. The molecule has 1 aliphatic heterocycles. The highest BCUT2D eigenvalue weighted by atomic mass is 19.2. The highest BCUT2D eigenvalue weighted by Crippen LogP contribution is 2.42. The Morgan fingerprint density at radius 3 is 1.97 bits per heavy atom. The summed E-state index contributed by atoms with van der Waals surface area (Å²) in [5.41, 5.74) is 3.47. The van der Waals surface area contributed by atoms with Gasteiger partial charge < -0.3 is 43.4 Å². The lowest BCUT2D eigenvalue weighted by Gasteiger charge is -2.19. The van der Waals surface area contributed by atoms with E-state index in [0.717, 1.165) is 22.0 Å². The van der Waals surface area contributed by atoms with Crippen LogP contribution in [0.25, 0.3) is 33.4 Å². The zero-order chi connectivity index (χ0) is 42.6. The Labute approximate surface area is 336 Å². The molecular formula is C42H44F4N3O10+. The molecule has 0 atom stereocenters. The molecule has 0 radical (unpaired) electrons. The Morgan fingerprint density at radius 2 is 1.36 bits per heavy atom. The average molecular weight is 827 g/mol. The number of carbonyl (C=O) groups excluding carboxylic acids is 2. The molecule has 17 heteroatoms. The predicted octanol–water partition coefficient (Wildman–Crippen LogP) is 5.35. The first-order valence-corrected chi connectivity index (χ1v) is 18.5. The van der Waals surface area contributed by atoms with E-state index < -0.39 is 53.3 Å². The van der Waals surface area contributed by atoms with Gasteiger partial charge in [0.05, 0.1) is 70.9 Å². The van der Waals surface area contributed by atoms with Crippen LogP contribution < -0.4 is 24.9 Å². The van der Waals surface area contributed by atoms with E-state index >= 15 is 0 Å². The van der Waals surface area contributed by atoms with Crippen LogP contribution in [-0.2, 0) is 23.7 Å². The SMILES string of the molecule is CN(C)c1ccc2c(-c3ccc(C(=O)NCCOCCOCCOCCOCCC(=O)Oc4c(F)c(F)cc(F)c4F)cc3C(=O)O)c3ccc(=[N+](C)C)cc-3oc2c1. The predicted molar refractivity (Wildman–Crippen MR) is 209 cm³/mol. The summed E-state index contributed by atoms with van der Waals surface area (Å²) in [6.07, 6.45) is -0.429. The molecule has 5 rings (SSSR count). The van der Waals surface area contributed by atoms with E-state index in [-0.39, 0.29) is 76.6 Å². The summed E-state index contributed by atoms with van der Waals surface area (Å²) >= 11 is 0. The summed E-state index contributed by atoms with van der Waals surface area (Å²) in [7, 11) is 7.69. The van der Waals surface area contributed by atoms with Crippen LogP contribution >= 0.6 is 0 Å². The summed E-state index contributed by atoms with van der Waals surface area (Å²) < 4.78 is 87.9. The fraction of sp³-hybridized carbons (Fsp3) is 0.333. The van der Waals surface area contributed by atoms with Crippen LogP contribution in [0.2, 0.25) is 0 Å². The van der Waals surface area contributed by atoms with Crippen molar-refractivity contribution in [2.75, 3.05) is 92.5 Å². The normalized spacial score (nSPS) is 11.3. The van der Waals surface area contributed by atoms with Gasteiger partial charge >= 0.3 is 11.9 Å². The second-order valence-electron chi connectivity index (χ2n) is 13.4. The molecule has 0 fully saturated rings. The van der Waals surface area contributed by atoms with Crippen molar-refractivity contribution in [1.82, 2.24) is 9.89 Å². The van der Waals surface area contributed by atoms with Crippen LogP contribution in [0.3, 0.4) is 0 Å². The van der Waals surface area contributed by atoms with Gasteiger partial charge in [-0.3, -0.25) is 9.59 Å². The number of carboxylic acids is 1. The van der Waals surface area contributed by atoms with Crippen molar-refractivity contribution in [3.63, 3.8) is 0 Å². The Kier molecular flexibility index (Phi) is 15.5. The Balaban J connectivity index is 1.02. The lowest BCUT2D eigenvalue weighted by molar-refractivity contribution is -0.136. The van der Waals surface area contributed by atoms with Gasteiger partial charge in [0.2, 0.25) is 22.7 Å². The van der Waals surface area contributed by atoms with Crippen molar-refractivity contribution in [3.8, 4) is 28.2 Å². The van der Waals surface area contributed by atoms with Gasteiger partial charge in [-0.15, -0.1) is 0 Å². The molecular weight excluding hydrogens is 782 g/mol. The first-order chi connectivity index (χ1) is 28.3. The zero-order valence-corrected chi connectivity index (χ0v) is 32.9. The molecule has 0 bridgehead atoms. The molecule has 1 amide bonds. The molecule has 3 aromatic rings. The fourth-order valence-electron chi connectivity index (χ4n) is 5.86. The van der Waals surface area contributed by atoms with Crippen LogP contribution in [0.15, 0.2) is 65.1 Å². The average Bonchev–Trinajstić information content (AvgIpc) is 3.21. The second kappa shape index (κ2) is 20.7. The van der Waals surface area contributed by atoms with Gasteiger partial charge in [-0.25, -0.2) is 18.2 Å². The molecule has 59 heavy (non-hydrogen) atoms. The maximum absolute atomic E-state index is 13.6. The fourth-order valence-corrected chi connectivity index (χ4v) is 5.86. The number of halogens is 4. The standard InChI is InChI=1S/C42H43F4N3O10/c1-48(2)26-6-9-29-34(22-26)58-35-23-27(49(3)4)7-10-30(35)37(29)28-8-5-25(21-31(28)42(52)53)41(51)47-12-14-55-16-18-57-20-19-56-17-15-54-13-11-36(50)59-40-38(45)32(43)24-33(44)39(40)46/h5-10,21-24H,11-20H2,1-4H3,(H-,47,51,52,53)/p+1. The largest absolute Gasteiger partial charge is 0.478 e. The summed E-state index contributed by atoms with van der Waals surface area (Å²) in [6.45, 7) is 1.34. The molecule has 0 saturated heterocycles. The lowest BCUT2D eigenvalue weighted by Crippen LogP contribution is -2.28. The van der Waals surface area contributed by atoms with Crippen molar-refractivity contribution in [2.24, 2.45) is 0 Å². The number of nitrogens with one attached hydrogen (secondary N) is 1. The van der Waals surface area contributed by atoms with E-state index in [1.54, 1.807) is 12.1 Å².